The zero-order valence-corrected chi connectivity index (χ0v) is 20.3. The first-order valence-electron chi connectivity index (χ1n) is 11.4. The van der Waals surface area contributed by atoms with Gasteiger partial charge in [-0.05, 0) is 54.8 Å². The molecule has 0 spiro atoms. The highest BCUT2D eigenvalue weighted by molar-refractivity contribution is 9.10. The van der Waals surface area contributed by atoms with Gasteiger partial charge in [-0.3, -0.25) is 0 Å². The van der Waals surface area contributed by atoms with E-state index in [9.17, 15) is 18.0 Å². The lowest BCUT2D eigenvalue weighted by atomic mass is 9.94. The molecular formula is C26H27BrF3N3O. The summed E-state index contributed by atoms with van der Waals surface area (Å²) in [6, 6.07) is 16.5. The number of rotatable bonds is 6. The van der Waals surface area contributed by atoms with Crippen LogP contribution >= 0.6 is 15.9 Å². The number of anilines is 1. The van der Waals surface area contributed by atoms with Crippen molar-refractivity contribution >= 4 is 27.6 Å². The second-order valence-electron chi connectivity index (χ2n) is 8.65. The highest BCUT2D eigenvalue weighted by Gasteiger charge is 2.34. The Hall–Kier alpha value is -2.74. The number of hydrogen-bond acceptors (Lipinski definition) is 1. The summed E-state index contributed by atoms with van der Waals surface area (Å²) in [5, 5.41) is 2.55. The number of carbonyl (C=O) groups is 1. The first-order chi connectivity index (χ1) is 16.3. The molecule has 4 nitrogen and oxygen atoms in total. The fourth-order valence-corrected chi connectivity index (χ4v) is 4.76. The Morgan fingerprint density at radius 1 is 1.00 bits per heavy atom. The third-order valence-electron chi connectivity index (χ3n) is 6.27. The minimum Gasteiger partial charge on any atom is -0.345 e. The van der Waals surface area contributed by atoms with Gasteiger partial charge in [-0.1, -0.05) is 59.5 Å². The van der Waals surface area contributed by atoms with Crippen LogP contribution in [-0.4, -0.2) is 21.5 Å². The van der Waals surface area contributed by atoms with Crippen molar-refractivity contribution in [3.8, 4) is 0 Å². The Bertz CT molecular complexity index is 1100. The van der Waals surface area contributed by atoms with E-state index < -0.39 is 17.8 Å². The maximum Gasteiger partial charge on any atom is 0.418 e. The average Bonchev–Trinajstić information content (AvgIpc) is 3.25. The van der Waals surface area contributed by atoms with Crippen molar-refractivity contribution < 1.29 is 18.0 Å². The number of para-hydroxylation sites is 1. The third kappa shape index (κ3) is 6.03. The summed E-state index contributed by atoms with van der Waals surface area (Å²) in [7, 11) is 0. The second-order valence-corrected chi connectivity index (χ2v) is 9.56. The lowest BCUT2D eigenvalue weighted by molar-refractivity contribution is -0.136. The van der Waals surface area contributed by atoms with Crippen molar-refractivity contribution in [2.45, 2.75) is 57.4 Å². The topological polar surface area (TPSA) is 37.3 Å². The highest BCUT2D eigenvalue weighted by Crippen LogP contribution is 2.35. The summed E-state index contributed by atoms with van der Waals surface area (Å²) in [6.45, 7) is 0.973. The number of halogens is 4. The molecule has 8 heteroatoms. The van der Waals surface area contributed by atoms with Crippen LogP contribution in [0.5, 0.6) is 0 Å². The molecule has 1 saturated carbocycles. The van der Waals surface area contributed by atoms with E-state index in [0.717, 1.165) is 53.9 Å². The molecule has 0 atom stereocenters. The maximum absolute atomic E-state index is 13.5. The summed E-state index contributed by atoms with van der Waals surface area (Å²) in [4.78, 5) is 15.1. The first kappa shape index (κ1) is 24.4. The van der Waals surface area contributed by atoms with Crippen LogP contribution in [0.4, 0.5) is 23.7 Å². The molecule has 1 aromatic heterocycles. The molecule has 0 radical (unpaired) electrons. The van der Waals surface area contributed by atoms with Gasteiger partial charge in [0.2, 0.25) is 0 Å². The SMILES string of the molecule is O=C(Nc1ccccc1C(F)(F)F)N(Cc1cccn1Cc1ccc(Br)cc1)C1CCCCC1. The summed E-state index contributed by atoms with van der Waals surface area (Å²) < 4.78 is 43.5. The molecule has 2 aromatic carbocycles. The second kappa shape index (κ2) is 10.7. The number of nitrogens with one attached hydrogen (secondary N) is 1. The largest absolute Gasteiger partial charge is 0.418 e. The minimum atomic E-state index is -4.54. The molecule has 1 heterocycles. The minimum absolute atomic E-state index is 0.0113. The van der Waals surface area contributed by atoms with E-state index in [1.165, 1.54) is 18.2 Å². The molecule has 0 unspecified atom stereocenters. The fraction of sp³-hybridized carbons (Fsp3) is 0.346. The van der Waals surface area contributed by atoms with Crippen LogP contribution in [0.1, 0.15) is 48.9 Å². The lowest BCUT2D eigenvalue weighted by Crippen LogP contribution is -2.44. The Morgan fingerprint density at radius 2 is 1.71 bits per heavy atom. The number of nitrogens with zero attached hydrogens (tertiary/aromatic N) is 2. The van der Waals surface area contributed by atoms with Crippen LogP contribution in [0.3, 0.4) is 0 Å². The average molecular weight is 534 g/mol. The smallest absolute Gasteiger partial charge is 0.345 e. The number of benzene rings is 2. The van der Waals surface area contributed by atoms with Gasteiger partial charge >= 0.3 is 12.2 Å². The van der Waals surface area contributed by atoms with Gasteiger partial charge in [0.25, 0.3) is 0 Å². The van der Waals surface area contributed by atoms with Gasteiger partial charge in [0, 0.05) is 29.0 Å². The predicted molar refractivity (Wildman–Crippen MR) is 131 cm³/mol. The molecule has 3 aromatic rings. The van der Waals surface area contributed by atoms with E-state index in [1.54, 1.807) is 4.90 Å². The third-order valence-corrected chi connectivity index (χ3v) is 6.80. The van der Waals surface area contributed by atoms with Crippen molar-refractivity contribution in [2.75, 3.05) is 5.32 Å². The maximum atomic E-state index is 13.5. The standard InChI is InChI=1S/C26H27BrF3N3O/c27-20-14-12-19(13-15-20)17-32-16-6-9-22(32)18-33(21-7-2-1-3-8-21)25(34)31-24-11-5-4-10-23(24)26(28,29)30/h4-6,9-16,21H,1-3,7-8,17-18H2,(H,31,34). The fourth-order valence-electron chi connectivity index (χ4n) is 4.49. The van der Waals surface area contributed by atoms with Gasteiger partial charge in [-0.25, -0.2) is 4.79 Å². The van der Waals surface area contributed by atoms with E-state index >= 15 is 0 Å². The first-order valence-corrected chi connectivity index (χ1v) is 12.2. The normalized spacial score (nSPS) is 14.7. The number of urea groups is 1. The quantitative estimate of drug-likeness (QED) is 0.346. The summed E-state index contributed by atoms with van der Waals surface area (Å²) in [5.74, 6) is 0. The number of alkyl halides is 3. The van der Waals surface area contributed by atoms with Crippen LogP contribution < -0.4 is 5.32 Å². The zero-order chi connectivity index (χ0) is 24.1. The Kier molecular flexibility index (Phi) is 7.66. The Labute approximate surface area is 205 Å². The van der Waals surface area contributed by atoms with Crippen LogP contribution in [0.15, 0.2) is 71.3 Å². The van der Waals surface area contributed by atoms with Gasteiger partial charge in [-0.15, -0.1) is 0 Å². The van der Waals surface area contributed by atoms with Gasteiger partial charge in [0.1, 0.15) is 0 Å². The van der Waals surface area contributed by atoms with E-state index in [4.69, 9.17) is 0 Å². The van der Waals surface area contributed by atoms with Crippen molar-refractivity contribution in [3.05, 3.63) is 88.2 Å². The predicted octanol–water partition coefficient (Wildman–Crippen LogP) is 7.68. The van der Waals surface area contributed by atoms with E-state index in [2.05, 4.69) is 25.8 Å². The molecule has 0 saturated heterocycles. The Morgan fingerprint density at radius 3 is 2.41 bits per heavy atom. The summed E-state index contributed by atoms with van der Waals surface area (Å²) in [5.41, 5.74) is 0.998. The summed E-state index contributed by atoms with van der Waals surface area (Å²) in [6.07, 6.45) is 2.25. The van der Waals surface area contributed by atoms with Crippen LogP contribution in [0, 0.1) is 0 Å². The Balaban J connectivity index is 1.57. The summed E-state index contributed by atoms with van der Waals surface area (Å²) >= 11 is 3.45. The van der Waals surface area contributed by atoms with Gasteiger partial charge in [-0.2, -0.15) is 13.2 Å². The molecular weight excluding hydrogens is 507 g/mol. The van der Waals surface area contributed by atoms with Crippen molar-refractivity contribution in [1.82, 2.24) is 9.47 Å². The number of amides is 2. The van der Waals surface area contributed by atoms with Crippen LogP contribution in [0.2, 0.25) is 0 Å². The van der Waals surface area contributed by atoms with Gasteiger partial charge < -0.3 is 14.8 Å². The highest BCUT2D eigenvalue weighted by atomic mass is 79.9. The van der Waals surface area contributed by atoms with Crippen molar-refractivity contribution in [2.24, 2.45) is 0 Å². The van der Waals surface area contributed by atoms with Crippen molar-refractivity contribution in [3.63, 3.8) is 0 Å². The molecule has 1 fully saturated rings. The monoisotopic (exact) mass is 533 g/mol. The lowest BCUT2D eigenvalue weighted by Gasteiger charge is -2.35. The van der Waals surface area contributed by atoms with Crippen LogP contribution in [-0.2, 0) is 19.3 Å². The van der Waals surface area contributed by atoms with Crippen molar-refractivity contribution in [1.29, 1.82) is 0 Å². The number of carbonyl (C=O) groups excluding carboxylic acids is 1. The molecule has 2 amide bonds. The molecule has 34 heavy (non-hydrogen) atoms. The molecule has 1 N–H and O–H groups in total. The van der Waals surface area contributed by atoms with Gasteiger partial charge in [0.15, 0.2) is 0 Å². The number of hydrogen-bond donors (Lipinski definition) is 1. The molecule has 0 bridgehead atoms. The molecule has 180 valence electrons. The van der Waals surface area contributed by atoms with E-state index in [1.807, 2.05) is 42.6 Å². The van der Waals surface area contributed by atoms with Crippen LogP contribution in [0.25, 0.3) is 0 Å². The molecule has 1 aliphatic carbocycles. The van der Waals surface area contributed by atoms with E-state index in [-0.39, 0.29) is 11.7 Å². The van der Waals surface area contributed by atoms with E-state index in [0.29, 0.717) is 13.1 Å². The zero-order valence-electron chi connectivity index (χ0n) is 18.7. The molecule has 0 aliphatic heterocycles. The number of aromatic nitrogens is 1. The van der Waals surface area contributed by atoms with Gasteiger partial charge in [0.05, 0.1) is 17.8 Å². The molecule has 4 rings (SSSR count). The molecule has 1 aliphatic rings.